The van der Waals surface area contributed by atoms with Crippen molar-refractivity contribution in [2.24, 2.45) is 23.2 Å². The lowest BCUT2D eigenvalue weighted by Gasteiger charge is -2.59. The molecule has 4 atom stereocenters. The summed E-state index contributed by atoms with van der Waals surface area (Å²) in [5, 5.41) is -3.39. The van der Waals surface area contributed by atoms with Crippen LogP contribution in [0.2, 0.25) is 0 Å². The molecule has 1 aliphatic heterocycles. The van der Waals surface area contributed by atoms with Crippen molar-refractivity contribution in [1.29, 1.82) is 0 Å². The van der Waals surface area contributed by atoms with E-state index in [0.717, 1.165) is 20.5 Å². The number of carbonyl (C=O) groups is 2. The molecule has 4 unspecified atom stereocenters. The molecule has 1 saturated heterocycles. The van der Waals surface area contributed by atoms with Crippen LogP contribution in [-0.4, -0.2) is 70.0 Å². The highest BCUT2D eigenvalue weighted by molar-refractivity contribution is 7.88. The van der Waals surface area contributed by atoms with Crippen molar-refractivity contribution < 1.29 is 58.4 Å². The van der Waals surface area contributed by atoms with Crippen molar-refractivity contribution in [3.05, 3.63) is 0 Å². The van der Waals surface area contributed by atoms with Crippen LogP contribution in [0.25, 0.3) is 0 Å². The molecule has 1 heterocycles. The molecule has 0 radical (unpaired) electrons. The maximum Gasteiger partial charge on any atom is 0.446 e. The summed E-state index contributed by atoms with van der Waals surface area (Å²) in [5.74, 6) is -5.09. The van der Waals surface area contributed by atoms with E-state index in [2.05, 4.69) is 4.18 Å². The van der Waals surface area contributed by atoms with Crippen molar-refractivity contribution in [3.8, 4) is 0 Å². The molecule has 9 nitrogen and oxygen atoms in total. The zero-order valence-corrected chi connectivity index (χ0v) is 21.1. The van der Waals surface area contributed by atoms with E-state index in [1.54, 1.807) is 0 Å². The molecule has 15 heteroatoms. The molecule has 4 aliphatic carbocycles. The van der Waals surface area contributed by atoms with E-state index >= 15 is 0 Å². The molecule has 1 amide bonds. The van der Waals surface area contributed by atoms with Gasteiger partial charge >= 0.3 is 33.4 Å². The summed E-state index contributed by atoms with van der Waals surface area (Å²) in [6, 6.07) is -1.15. The van der Waals surface area contributed by atoms with Gasteiger partial charge in [0, 0.05) is 12.5 Å². The first-order valence-electron chi connectivity index (χ1n) is 12.1. The Morgan fingerprint density at radius 1 is 1.05 bits per heavy atom. The van der Waals surface area contributed by atoms with Gasteiger partial charge in [0.2, 0.25) is 0 Å². The molecular weight excluding hydrogens is 533 g/mol. The van der Waals surface area contributed by atoms with Crippen molar-refractivity contribution in [3.63, 3.8) is 0 Å². The predicted octanol–water partition coefficient (Wildman–Crippen LogP) is 2.88. The molecular formula is C22H30F5NO8S. The third kappa shape index (κ3) is 5.20. The number of hydrogen-bond acceptors (Lipinski definition) is 8. The number of nitrogens with one attached hydrogen (secondary N) is 1. The molecule has 5 rings (SSSR count). The highest BCUT2D eigenvalue weighted by Gasteiger charge is 2.65. The average Bonchev–Trinajstić information content (AvgIpc) is 2.79. The van der Waals surface area contributed by atoms with Crippen LogP contribution in [0.3, 0.4) is 0 Å². The van der Waals surface area contributed by atoms with Crippen molar-refractivity contribution in [1.82, 2.24) is 5.32 Å². The molecule has 37 heavy (non-hydrogen) atoms. The Bertz CT molecular complexity index is 999. The summed E-state index contributed by atoms with van der Waals surface area (Å²) in [4.78, 5) is 25.4. The van der Waals surface area contributed by atoms with Gasteiger partial charge < -0.3 is 19.5 Å². The lowest BCUT2D eigenvalue weighted by molar-refractivity contribution is -0.288. The summed E-state index contributed by atoms with van der Waals surface area (Å²) >= 11 is 0. The minimum Gasteiger partial charge on any atom is -0.469 e. The van der Waals surface area contributed by atoms with Crippen LogP contribution >= 0.6 is 0 Å². The van der Waals surface area contributed by atoms with E-state index in [1.165, 1.54) is 0 Å². The van der Waals surface area contributed by atoms with E-state index in [0.29, 0.717) is 19.3 Å². The van der Waals surface area contributed by atoms with Gasteiger partial charge in [-0.3, -0.25) is 13.8 Å². The van der Waals surface area contributed by atoms with E-state index in [9.17, 15) is 40.0 Å². The zero-order valence-electron chi connectivity index (χ0n) is 20.3. The molecule has 0 spiro atoms. The minimum atomic E-state index is -6.43. The van der Waals surface area contributed by atoms with Crippen molar-refractivity contribution in [2.45, 2.75) is 81.2 Å². The van der Waals surface area contributed by atoms with Crippen LogP contribution in [0.4, 0.5) is 22.0 Å². The second-order valence-electron chi connectivity index (χ2n) is 10.7. The van der Waals surface area contributed by atoms with Gasteiger partial charge in [-0.15, -0.1) is 0 Å². The third-order valence-corrected chi connectivity index (χ3v) is 9.33. The molecule has 5 aliphatic rings. The second kappa shape index (κ2) is 9.56. The minimum absolute atomic E-state index is 0.0125. The van der Waals surface area contributed by atoms with Gasteiger partial charge in [-0.05, 0) is 63.2 Å². The predicted molar refractivity (Wildman–Crippen MR) is 114 cm³/mol. The number of ether oxygens (including phenoxy) is 3. The van der Waals surface area contributed by atoms with Gasteiger partial charge in [-0.2, -0.15) is 30.4 Å². The van der Waals surface area contributed by atoms with Crippen LogP contribution < -0.4 is 5.32 Å². The first-order chi connectivity index (χ1) is 17.0. The molecule has 1 N–H and O–H groups in total. The average molecular weight is 564 g/mol. The van der Waals surface area contributed by atoms with Crippen LogP contribution in [0, 0.1) is 23.2 Å². The Hall–Kier alpha value is -1.58. The van der Waals surface area contributed by atoms with Crippen molar-refractivity contribution in [2.75, 3.05) is 20.3 Å². The normalized spacial score (nSPS) is 34.1. The highest BCUT2D eigenvalue weighted by Crippen LogP contribution is 2.60. The number of carbonyl (C=O) groups excluding carboxylic acids is 2. The van der Waals surface area contributed by atoms with Gasteiger partial charge in [0.15, 0.2) is 11.9 Å². The molecule has 0 aromatic rings. The Morgan fingerprint density at radius 2 is 1.62 bits per heavy atom. The summed E-state index contributed by atoms with van der Waals surface area (Å²) in [7, 11) is -5.30. The van der Waals surface area contributed by atoms with Crippen molar-refractivity contribution >= 4 is 22.0 Å². The van der Waals surface area contributed by atoms with Crippen LogP contribution in [-0.2, 0) is 38.1 Å². The number of halogens is 5. The molecule has 0 aromatic heterocycles. The fourth-order valence-electron chi connectivity index (χ4n) is 6.68. The van der Waals surface area contributed by atoms with Crippen LogP contribution in [0.1, 0.15) is 51.9 Å². The lowest BCUT2D eigenvalue weighted by Crippen LogP contribution is -2.67. The number of hydrogen-bond donors (Lipinski definition) is 1. The lowest BCUT2D eigenvalue weighted by atomic mass is 9.47. The molecule has 0 aromatic carbocycles. The van der Waals surface area contributed by atoms with Crippen LogP contribution in [0.5, 0.6) is 0 Å². The van der Waals surface area contributed by atoms with E-state index < -0.39 is 63.2 Å². The second-order valence-corrected chi connectivity index (χ2v) is 12.3. The molecule has 212 valence electrons. The summed E-state index contributed by atoms with van der Waals surface area (Å²) in [6.45, 7) is 1.13. The quantitative estimate of drug-likeness (QED) is 0.272. The summed E-state index contributed by atoms with van der Waals surface area (Å²) in [5.41, 5.74) is -1.31. The Morgan fingerprint density at radius 3 is 2.14 bits per heavy atom. The largest absolute Gasteiger partial charge is 0.469 e. The van der Waals surface area contributed by atoms with E-state index in [-0.39, 0.29) is 43.8 Å². The number of rotatable bonds is 8. The Kier molecular flexibility index (Phi) is 7.34. The fraction of sp³-hybridized carbons (Fsp3) is 0.909. The van der Waals surface area contributed by atoms with Gasteiger partial charge in [0.25, 0.3) is 0 Å². The maximum absolute atomic E-state index is 15.0. The van der Waals surface area contributed by atoms with Gasteiger partial charge in [-0.1, -0.05) is 0 Å². The standard InChI is InChI=1S/C22H30F5NO8S/c1-19(34-4-3-5-35-19)11-15(21(23,24)25)36-37(31,32)22(26,27)17(29)28-16-14-7-12-6-13(8-14)10-20(16,9-12)18(30)33-2/h12-16H,3-11H2,1-2H3,(H,28,29). The molecule has 5 fully saturated rings. The summed E-state index contributed by atoms with van der Waals surface area (Å²) in [6.07, 6.45) is -7.03. The number of esters is 1. The number of amides is 1. The Labute approximate surface area is 210 Å². The molecule has 4 saturated carbocycles. The maximum atomic E-state index is 15.0. The zero-order chi connectivity index (χ0) is 27.4. The van der Waals surface area contributed by atoms with Crippen LogP contribution in [0.15, 0.2) is 0 Å². The number of methoxy groups -OCH3 is 1. The monoisotopic (exact) mass is 563 g/mol. The summed E-state index contributed by atoms with van der Waals surface area (Å²) < 4.78 is 115. The Balaban J connectivity index is 1.54. The first kappa shape index (κ1) is 28.4. The third-order valence-electron chi connectivity index (χ3n) is 8.04. The highest BCUT2D eigenvalue weighted by atomic mass is 32.2. The van der Waals surface area contributed by atoms with Gasteiger partial charge in [-0.25, -0.2) is 0 Å². The smallest absolute Gasteiger partial charge is 0.446 e. The van der Waals surface area contributed by atoms with E-state index in [1.807, 2.05) is 5.32 Å². The topological polar surface area (TPSA) is 117 Å². The fourth-order valence-corrected chi connectivity index (χ4v) is 7.57. The number of alkyl halides is 5. The molecule has 4 bridgehead atoms. The first-order valence-corrected chi connectivity index (χ1v) is 13.5. The van der Waals surface area contributed by atoms with Gasteiger partial charge in [0.05, 0.1) is 25.7 Å². The van der Waals surface area contributed by atoms with Gasteiger partial charge in [0.1, 0.15) is 0 Å². The van der Waals surface area contributed by atoms with E-state index in [4.69, 9.17) is 14.2 Å². The SMILES string of the molecule is COC(=O)C12CC3CC(CC(C3)C1NC(=O)C(F)(F)S(=O)(=O)OC(CC1(C)OCCCO1)C(F)(F)F)C2.